The van der Waals surface area contributed by atoms with E-state index in [4.69, 9.17) is 26.7 Å². The van der Waals surface area contributed by atoms with Crippen LogP contribution in [0.1, 0.15) is 12.0 Å². The number of hydrogen-bond donors (Lipinski definition) is 2. The number of hydrogen-bond acceptors (Lipinski definition) is 5. The number of benzene rings is 1. The summed E-state index contributed by atoms with van der Waals surface area (Å²) < 4.78 is 31.3. The van der Waals surface area contributed by atoms with Crippen molar-refractivity contribution in [2.24, 2.45) is 0 Å². The number of sulfonamides is 1. The van der Waals surface area contributed by atoms with Gasteiger partial charge in [-0.25, -0.2) is 13.1 Å². The summed E-state index contributed by atoms with van der Waals surface area (Å²) >= 11 is 5.82. The molecule has 1 aromatic carbocycles. The molecule has 0 saturated heterocycles. The van der Waals surface area contributed by atoms with Gasteiger partial charge in [0.2, 0.25) is 10.0 Å². The fraction of sp³-hybridized carbons (Fsp3) is 0.333. The lowest BCUT2D eigenvalue weighted by Crippen LogP contribution is -2.34. The third-order valence-corrected chi connectivity index (χ3v) is 4.49. The summed E-state index contributed by atoms with van der Waals surface area (Å²) in [5.41, 5.74) is 0.147. The largest absolute Gasteiger partial charge is 0.481 e. The number of carbonyl (C=O) groups is 1. The highest BCUT2D eigenvalue weighted by atomic mass is 35.5. The average Bonchev–Trinajstić information content (AvgIpc) is 2.43. The van der Waals surface area contributed by atoms with Crippen LogP contribution in [-0.2, 0) is 19.6 Å². The van der Waals surface area contributed by atoms with E-state index in [-0.39, 0.29) is 28.4 Å². The van der Waals surface area contributed by atoms with E-state index in [9.17, 15) is 13.2 Å². The minimum atomic E-state index is -3.97. The number of methoxy groups -OCH3 is 1. The van der Waals surface area contributed by atoms with Crippen LogP contribution in [-0.4, -0.2) is 39.3 Å². The minimum absolute atomic E-state index is 0.0336. The first-order valence-corrected chi connectivity index (χ1v) is 7.60. The molecule has 0 amide bonds. The molecule has 0 aromatic heterocycles. The van der Waals surface area contributed by atoms with Crippen molar-refractivity contribution in [3.63, 3.8) is 0 Å². The molecule has 114 valence electrons. The molecule has 21 heavy (non-hydrogen) atoms. The van der Waals surface area contributed by atoms with E-state index in [1.165, 1.54) is 19.2 Å². The number of nitrogens with zero attached hydrogens (tertiary/aromatic N) is 1. The first kappa shape index (κ1) is 17.4. The Kier molecular flexibility index (Phi) is 6.11. The van der Waals surface area contributed by atoms with E-state index >= 15 is 0 Å². The highest BCUT2D eigenvalue weighted by molar-refractivity contribution is 7.89. The van der Waals surface area contributed by atoms with Gasteiger partial charge in [0, 0.05) is 13.7 Å². The second-order valence-electron chi connectivity index (χ2n) is 4.06. The molecule has 1 aromatic rings. The van der Waals surface area contributed by atoms with E-state index in [0.29, 0.717) is 0 Å². The number of ether oxygens (including phenoxy) is 1. The van der Waals surface area contributed by atoms with Gasteiger partial charge in [-0.15, -0.1) is 0 Å². The lowest BCUT2D eigenvalue weighted by Gasteiger charge is -2.14. The summed E-state index contributed by atoms with van der Waals surface area (Å²) in [6.45, 7) is -0.224. The Bertz CT molecular complexity index is 669. The van der Waals surface area contributed by atoms with Crippen molar-refractivity contribution >= 4 is 27.6 Å². The monoisotopic (exact) mass is 332 g/mol. The van der Waals surface area contributed by atoms with Crippen LogP contribution in [0, 0.1) is 11.3 Å². The van der Waals surface area contributed by atoms with Crippen LogP contribution in [0.4, 0.5) is 0 Å². The third-order valence-electron chi connectivity index (χ3n) is 2.59. The Balaban J connectivity index is 2.92. The van der Waals surface area contributed by atoms with Crippen molar-refractivity contribution < 1.29 is 23.1 Å². The summed E-state index contributed by atoms with van der Waals surface area (Å²) in [6, 6.07) is 5.66. The predicted molar refractivity (Wildman–Crippen MR) is 74.4 cm³/mol. The predicted octanol–water partition coefficient (Wildman–Crippen LogP) is 0.980. The van der Waals surface area contributed by atoms with E-state index < -0.39 is 22.1 Å². The molecule has 0 spiro atoms. The lowest BCUT2D eigenvalue weighted by molar-refractivity contribution is -0.139. The van der Waals surface area contributed by atoms with Crippen molar-refractivity contribution in [2.45, 2.75) is 17.4 Å². The van der Waals surface area contributed by atoms with Gasteiger partial charge in [-0.1, -0.05) is 11.6 Å². The quantitative estimate of drug-likeness (QED) is 0.768. The fourth-order valence-electron chi connectivity index (χ4n) is 1.49. The summed E-state index contributed by atoms with van der Waals surface area (Å²) in [6.07, 6.45) is -1.15. The van der Waals surface area contributed by atoms with E-state index in [1.807, 2.05) is 6.07 Å². The zero-order valence-corrected chi connectivity index (χ0v) is 12.6. The van der Waals surface area contributed by atoms with E-state index in [0.717, 1.165) is 6.07 Å². The van der Waals surface area contributed by atoms with Crippen molar-refractivity contribution in [2.75, 3.05) is 13.7 Å². The molecule has 1 rings (SSSR count). The Hall–Kier alpha value is -1.66. The van der Waals surface area contributed by atoms with Gasteiger partial charge in [-0.05, 0) is 18.2 Å². The van der Waals surface area contributed by atoms with Crippen molar-refractivity contribution in [3.05, 3.63) is 28.8 Å². The molecule has 0 fully saturated rings. The molecule has 0 radical (unpaired) electrons. The van der Waals surface area contributed by atoms with Gasteiger partial charge < -0.3 is 9.84 Å². The molecule has 7 nitrogen and oxygen atoms in total. The van der Waals surface area contributed by atoms with Crippen molar-refractivity contribution in [3.8, 4) is 6.07 Å². The molecule has 9 heteroatoms. The summed E-state index contributed by atoms with van der Waals surface area (Å²) in [7, 11) is -2.69. The van der Waals surface area contributed by atoms with Crippen LogP contribution in [0.3, 0.4) is 0 Å². The Morgan fingerprint density at radius 1 is 1.57 bits per heavy atom. The van der Waals surface area contributed by atoms with Gasteiger partial charge in [-0.2, -0.15) is 5.26 Å². The molecule has 0 bridgehead atoms. The highest BCUT2D eigenvalue weighted by Gasteiger charge is 2.21. The van der Waals surface area contributed by atoms with Gasteiger partial charge in [0.15, 0.2) is 0 Å². The Morgan fingerprint density at radius 2 is 2.24 bits per heavy atom. The maximum atomic E-state index is 12.1. The second-order valence-corrected chi connectivity index (χ2v) is 6.21. The summed E-state index contributed by atoms with van der Waals surface area (Å²) in [5, 5.41) is 17.4. The van der Waals surface area contributed by atoms with Crippen LogP contribution < -0.4 is 4.72 Å². The highest BCUT2D eigenvalue weighted by Crippen LogP contribution is 2.22. The number of nitriles is 1. The number of rotatable bonds is 7. The number of aliphatic carboxylic acids is 1. The minimum Gasteiger partial charge on any atom is -0.481 e. The second kappa shape index (κ2) is 7.38. The van der Waals surface area contributed by atoms with Crippen molar-refractivity contribution in [1.29, 1.82) is 5.26 Å². The van der Waals surface area contributed by atoms with Gasteiger partial charge in [0.05, 0.1) is 29.2 Å². The van der Waals surface area contributed by atoms with Gasteiger partial charge in [0.25, 0.3) is 0 Å². The number of halogens is 1. The Morgan fingerprint density at radius 3 is 2.76 bits per heavy atom. The summed E-state index contributed by atoms with van der Waals surface area (Å²) in [5.74, 6) is -1.11. The lowest BCUT2D eigenvalue weighted by atomic mass is 10.2. The molecule has 0 aliphatic carbocycles. The third kappa shape index (κ3) is 4.99. The van der Waals surface area contributed by atoms with Crippen LogP contribution >= 0.6 is 11.6 Å². The smallest absolute Gasteiger partial charge is 0.306 e. The van der Waals surface area contributed by atoms with Crippen LogP contribution in [0.15, 0.2) is 23.1 Å². The normalized spacial score (nSPS) is 12.6. The molecule has 0 aliphatic rings. The maximum Gasteiger partial charge on any atom is 0.306 e. The molecule has 0 heterocycles. The zero-order valence-electron chi connectivity index (χ0n) is 11.0. The standard InChI is InChI=1S/C12H13ClN2O5S/c1-20-9(5-12(16)17)7-15-21(18,19)11-4-8(6-14)2-3-10(11)13/h2-4,9,15H,5,7H2,1H3,(H,16,17). The van der Waals surface area contributed by atoms with Gasteiger partial charge >= 0.3 is 5.97 Å². The molecule has 0 aliphatic heterocycles. The van der Waals surface area contributed by atoms with E-state index in [1.54, 1.807) is 0 Å². The SMILES string of the molecule is COC(CNS(=O)(=O)c1cc(C#N)ccc1Cl)CC(=O)O. The first-order valence-electron chi connectivity index (χ1n) is 5.74. The van der Waals surface area contributed by atoms with Crippen LogP contribution in [0.5, 0.6) is 0 Å². The average molecular weight is 333 g/mol. The molecule has 0 saturated carbocycles. The molecule has 1 atom stereocenters. The molecule has 1 unspecified atom stereocenters. The van der Waals surface area contributed by atoms with Gasteiger partial charge in [0.1, 0.15) is 4.90 Å². The molecular formula is C12H13ClN2O5S. The number of carboxylic acid groups (broad SMARTS) is 1. The number of nitrogens with one attached hydrogen (secondary N) is 1. The van der Waals surface area contributed by atoms with Crippen molar-refractivity contribution in [1.82, 2.24) is 4.72 Å². The first-order chi connectivity index (χ1) is 9.80. The van der Waals surface area contributed by atoms with Gasteiger partial charge in [-0.3, -0.25) is 4.79 Å². The Labute approximate surface area is 127 Å². The molecular weight excluding hydrogens is 320 g/mol. The maximum absolute atomic E-state index is 12.1. The topological polar surface area (TPSA) is 116 Å². The van der Waals surface area contributed by atoms with E-state index in [2.05, 4.69) is 4.72 Å². The fourth-order valence-corrected chi connectivity index (χ4v) is 3.08. The number of carboxylic acids is 1. The zero-order chi connectivity index (χ0) is 16.0. The van der Waals surface area contributed by atoms with Crippen LogP contribution in [0.2, 0.25) is 5.02 Å². The van der Waals surface area contributed by atoms with Crippen LogP contribution in [0.25, 0.3) is 0 Å². The molecule has 2 N–H and O–H groups in total. The summed E-state index contributed by atoms with van der Waals surface area (Å²) in [4.78, 5) is 10.3.